The van der Waals surface area contributed by atoms with Crippen LogP contribution in [0.3, 0.4) is 0 Å². The molecule has 23 heavy (non-hydrogen) atoms. The Kier molecular flexibility index (Phi) is 4.88. The van der Waals surface area contributed by atoms with Crippen molar-refractivity contribution in [3.63, 3.8) is 0 Å². The summed E-state index contributed by atoms with van der Waals surface area (Å²) in [7, 11) is 2.11. The van der Waals surface area contributed by atoms with Gasteiger partial charge >= 0.3 is 0 Å². The average molecular weight is 376 g/mol. The number of amides is 1. The van der Waals surface area contributed by atoms with Crippen LogP contribution in [0, 0.1) is 0 Å². The van der Waals surface area contributed by atoms with E-state index < -0.39 is 0 Å². The number of nitrogens with zero attached hydrogens (tertiary/aromatic N) is 4. The van der Waals surface area contributed by atoms with Crippen molar-refractivity contribution in [1.29, 1.82) is 0 Å². The number of piperazine rings is 1. The molecule has 120 valence electrons. The number of rotatable bonds is 3. The Bertz CT molecular complexity index is 683. The second kappa shape index (κ2) is 7.06. The van der Waals surface area contributed by atoms with E-state index >= 15 is 0 Å². The van der Waals surface area contributed by atoms with Crippen LogP contribution in [-0.4, -0.2) is 54.0 Å². The van der Waals surface area contributed by atoms with E-state index in [9.17, 15) is 4.79 Å². The maximum Gasteiger partial charge on any atom is 0.256 e. The Hall–Kier alpha value is -1.99. The van der Waals surface area contributed by atoms with Gasteiger partial charge in [0.1, 0.15) is 18.0 Å². The highest BCUT2D eigenvalue weighted by atomic mass is 79.9. The van der Waals surface area contributed by atoms with Gasteiger partial charge < -0.3 is 15.1 Å². The van der Waals surface area contributed by atoms with E-state index in [1.54, 1.807) is 12.1 Å². The Morgan fingerprint density at radius 2 is 1.83 bits per heavy atom. The number of hydrogen-bond acceptors (Lipinski definition) is 5. The molecule has 2 aromatic rings. The predicted molar refractivity (Wildman–Crippen MR) is 93.8 cm³/mol. The molecule has 0 bridgehead atoms. The molecule has 0 atom stereocenters. The van der Waals surface area contributed by atoms with Crippen molar-refractivity contribution in [2.45, 2.75) is 0 Å². The fourth-order valence-electron chi connectivity index (χ4n) is 2.41. The third-order valence-corrected chi connectivity index (χ3v) is 4.36. The topological polar surface area (TPSA) is 61.4 Å². The number of likely N-dealkylation sites (N-methyl/N-ethyl adjacent to an activating group) is 1. The third kappa shape index (κ3) is 4.05. The molecule has 1 aliphatic heterocycles. The smallest absolute Gasteiger partial charge is 0.256 e. The Labute approximate surface area is 143 Å². The number of aromatic nitrogens is 2. The molecule has 6 nitrogen and oxygen atoms in total. The number of anilines is 2. The minimum atomic E-state index is -0.180. The molecule has 3 rings (SSSR count). The highest BCUT2D eigenvalue weighted by molar-refractivity contribution is 9.10. The van der Waals surface area contributed by atoms with Crippen molar-refractivity contribution in [3.8, 4) is 0 Å². The zero-order valence-corrected chi connectivity index (χ0v) is 14.5. The fraction of sp³-hybridized carbons (Fsp3) is 0.312. The van der Waals surface area contributed by atoms with E-state index in [0.717, 1.165) is 36.5 Å². The van der Waals surface area contributed by atoms with E-state index in [1.165, 1.54) is 6.33 Å². The van der Waals surface area contributed by atoms with Crippen LogP contribution in [0.4, 0.5) is 11.6 Å². The second-order valence-corrected chi connectivity index (χ2v) is 6.43. The van der Waals surface area contributed by atoms with Crippen LogP contribution >= 0.6 is 15.9 Å². The van der Waals surface area contributed by atoms with E-state index in [1.807, 2.05) is 18.2 Å². The second-order valence-electron chi connectivity index (χ2n) is 5.51. The Morgan fingerprint density at radius 3 is 2.52 bits per heavy atom. The standard InChI is InChI=1S/C16H18BrN5O/c1-21-6-8-22(9-7-21)15-10-14(18-11-19-15)20-16(23)12-2-4-13(17)5-3-12/h2-5,10-11H,6-9H2,1H3,(H,18,19,20,23). The highest BCUT2D eigenvalue weighted by Crippen LogP contribution is 2.17. The fourth-order valence-corrected chi connectivity index (χ4v) is 2.68. The van der Waals surface area contributed by atoms with Crippen molar-refractivity contribution < 1.29 is 4.79 Å². The monoisotopic (exact) mass is 375 g/mol. The summed E-state index contributed by atoms with van der Waals surface area (Å²) in [5.41, 5.74) is 0.591. The predicted octanol–water partition coefficient (Wildman–Crippen LogP) is 2.24. The van der Waals surface area contributed by atoms with Gasteiger partial charge in [-0.15, -0.1) is 0 Å². The van der Waals surface area contributed by atoms with Gasteiger partial charge in [-0.3, -0.25) is 4.79 Å². The first-order chi connectivity index (χ1) is 11.1. The number of halogens is 1. The van der Waals surface area contributed by atoms with Crippen LogP contribution in [0.15, 0.2) is 41.1 Å². The molecule has 1 amide bonds. The molecule has 1 N–H and O–H groups in total. The molecule has 0 saturated carbocycles. The van der Waals surface area contributed by atoms with Gasteiger partial charge in [0.05, 0.1) is 0 Å². The number of carbonyl (C=O) groups excluding carboxylic acids is 1. The van der Waals surface area contributed by atoms with Gasteiger partial charge in [-0.1, -0.05) is 15.9 Å². The molecule has 7 heteroatoms. The van der Waals surface area contributed by atoms with Crippen molar-refractivity contribution in [1.82, 2.24) is 14.9 Å². The molecule has 1 aromatic heterocycles. The van der Waals surface area contributed by atoms with E-state index in [2.05, 4.69) is 48.1 Å². The van der Waals surface area contributed by atoms with Gasteiger partial charge in [0.25, 0.3) is 5.91 Å². The summed E-state index contributed by atoms with van der Waals surface area (Å²) < 4.78 is 0.938. The van der Waals surface area contributed by atoms with Crippen LogP contribution in [0.5, 0.6) is 0 Å². The van der Waals surface area contributed by atoms with Crippen LogP contribution in [0.25, 0.3) is 0 Å². The molecule has 2 heterocycles. The van der Waals surface area contributed by atoms with Gasteiger partial charge in [0, 0.05) is 42.3 Å². The SMILES string of the molecule is CN1CCN(c2cc(NC(=O)c3ccc(Br)cc3)ncn2)CC1. The van der Waals surface area contributed by atoms with Gasteiger partial charge in [-0.2, -0.15) is 0 Å². The first-order valence-electron chi connectivity index (χ1n) is 7.44. The molecule has 0 spiro atoms. The summed E-state index contributed by atoms with van der Waals surface area (Å²) >= 11 is 3.36. The molecular formula is C16H18BrN5O. The van der Waals surface area contributed by atoms with Crippen LogP contribution in [0.2, 0.25) is 0 Å². The summed E-state index contributed by atoms with van der Waals surface area (Å²) in [5.74, 6) is 1.18. The lowest BCUT2D eigenvalue weighted by molar-refractivity contribution is 0.102. The summed E-state index contributed by atoms with van der Waals surface area (Å²) in [4.78, 5) is 25.2. The highest BCUT2D eigenvalue weighted by Gasteiger charge is 2.16. The van der Waals surface area contributed by atoms with Crippen molar-refractivity contribution >= 4 is 33.5 Å². The number of carbonyl (C=O) groups is 1. The summed E-state index contributed by atoms with van der Waals surface area (Å²) in [6, 6.07) is 9.03. The number of nitrogens with one attached hydrogen (secondary N) is 1. The van der Waals surface area contributed by atoms with E-state index in [0.29, 0.717) is 11.4 Å². The lowest BCUT2D eigenvalue weighted by atomic mass is 10.2. The zero-order chi connectivity index (χ0) is 16.2. The van der Waals surface area contributed by atoms with Gasteiger partial charge in [0.15, 0.2) is 0 Å². The lowest BCUT2D eigenvalue weighted by Gasteiger charge is -2.33. The quantitative estimate of drug-likeness (QED) is 0.891. The van der Waals surface area contributed by atoms with Crippen LogP contribution in [-0.2, 0) is 0 Å². The summed E-state index contributed by atoms with van der Waals surface area (Å²) in [6.07, 6.45) is 1.49. The average Bonchev–Trinajstić information content (AvgIpc) is 2.56. The molecule has 0 radical (unpaired) electrons. The minimum absolute atomic E-state index is 0.180. The molecule has 1 saturated heterocycles. The number of benzene rings is 1. The molecule has 1 aliphatic rings. The lowest BCUT2D eigenvalue weighted by Crippen LogP contribution is -2.44. The van der Waals surface area contributed by atoms with Crippen molar-refractivity contribution in [3.05, 3.63) is 46.7 Å². The Morgan fingerprint density at radius 1 is 1.13 bits per heavy atom. The Balaban J connectivity index is 1.70. The summed E-state index contributed by atoms with van der Waals surface area (Å²) in [5, 5.41) is 2.82. The molecular weight excluding hydrogens is 358 g/mol. The largest absolute Gasteiger partial charge is 0.354 e. The van der Waals surface area contributed by atoms with Gasteiger partial charge in [-0.05, 0) is 31.3 Å². The van der Waals surface area contributed by atoms with Crippen molar-refractivity contribution in [2.75, 3.05) is 43.4 Å². The zero-order valence-electron chi connectivity index (χ0n) is 12.9. The van der Waals surface area contributed by atoms with E-state index in [-0.39, 0.29) is 5.91 Å². The maximum atomic E-state index is 12.2. The first-order valence-corrected chi connectivity index (χ1v) is 8.23. The maximum absolute atomic E-state index is 12.2. The molecule has 1 aromatic carbocycles. The molecule has 0 aliphatic carbocycles. The molecule has 1 fully saturated rings. The minimum Gasteiger partial charge on any atom is -0.354 e. The third-order valence-electron chi connectivity index (χ3n) is 3.83. The van der Waals surface area contributed by atoms with Crippen LogP contribution < -0.4 is 10.2 Å². The normalized spacial score (nSPS) is 15.5. The van der Waals surface area contributed by atoms with E-state index in [4.69, 9.17) is 0 Å². The van der Waals surface area contributed by atoms with Gasteiger partial charge in [0.2, 0.25) is 0 Å². The van der Waals surface area contributed by atoms with Gasteiger partial charge in [-0.25, -0.2) is 9.97 Å². The molecule has 0 unspecified atom stereocenters. The first kappa shape index (κ1) is 15.9. The summed E-state index contributed by atoms with van der Waals surface area (Å²) in [6.45, 7) is 3.86. The van der Waals surface area contributed by atoms with Crippen molar-refractivity contribution in [2.24, 2.45) is 0 Å². The van der Waals surface area contributed by atoms with Crippen LogP contribution in [0.1, 0.15) is 10.4 Å². The number of hydrogen-bond donors (Lipinski definition) is 1.